The second kappa shape index (κ2) is 5.85. The molecule has 1 aliphatic rings. The number of unbranched alkanes of at least 4 members (excludes halogenated alkanes) is 1. The predicted molar refractivity (Wildman–Crippen MR) is 61.4 cm³/mol. The van der Waals surface area contributed by atoms with E-state index in [0.717, 1.165) is 31.6 Å². The quantitative estimate of drug-likeness (QED) is 0.744. The third-order valence-corrected chi connectivity index (χ3v) is 4.27. The van der Waals surface area contributed by atoms with Crippen LogP contribution < -0.4 is 0 Å². The molecule has 1 fully saturated rings. The van der Waals surface area contributed by atoms with E-state index < -0.39 is 10.1 Å². The Hall–Kier alpha value is -0.0900. The first-order valence-corrected chi connectivity index (χ1v) is 7.57. The molecule has 1 aliphatic carbocycles. The first-order valence-electron chi connectivity index (χ1n) is 5.96. The lowest BCUT2D eigenvalue weighted by Gasteiger charge is -2.27. The van der Waals surface area contributed by atoms with Gasteiger partial charge in [-0.25, -0.2) is 0 Å². The van der Waals surface area contributed by atoms with Crippen molar-refractivity contribution in [3.05, 3.63) is 0 Å². The maximum Gasteiger partial charge on any atom is 0.265 e. The van der Waals surface area contributed by atoms with Crippen LogP contribution in [0.4, 0.5) is 0 Å². The molecule has 0 radical (unpaired) electrons. The lowest BCUT2D eigenvalue weighted by molar-refractivity contribution is 0.271. The molecule has 1 saturated carbocycles. The molecule has 0 atom stereocenters. The summed E-state index contributed by atoms with van der Waals surface area (Å²) in [4.78, 5) is 0. The standard InChI is InChI=1S/C11H22O3S/c1-2-3-4-10-5-7-11(8-6-10)9-15(12,13)14/h10-11H,2-9H2,1H3,(H,12,13,14). The van der Waals surface area contributed by atoms with Crippen LogP contribution in [0.3, 0.4) is 0 Å². The average molecular weight is 234 g/mol. The van der Waals surface area contributed by atoms with Gasteiger partial charge < -0.3 is 0 Å². The van der Waals surface area contributed by atoms with E-state index in [0.29, 0.717) is 0 Å². The van der Waals surface area contributed by atoms with Crippen LogP contribution in [0.2, 0.25) is 0 Å². The molecular formula is C11H22O3S. The van der Waals surface area contributed by atoms with Crippen LogP contribution in [0.15, 0.2) is 0 Å². The molecule has 0 saturated heterocycles. The van der Waals surface area contributed by atoms with Gasteiger partial charge in [-0.1, -0.05) is 39.0 Å². The second-order valence-electron chi connectivity index (χ2n) is 4.78. The molecule has 0 spiro atoms. The van der Waals surface area contributed by atoms with Crippen LogP contribution in [0.5, 0.6) is 0 Å². The van der Waals surface area contributed by atoms with Gasteiger partial charge in [0, 0.05) is 0 Å². The molecule has 0 aliphatic heterocycles. The molecule has 15 heavy (non-hydrogen) atoms. The Morgan fingerprint density at radius 2 is 1.67 bits per heavy atom. The predicted octanol–water partition coefficient (Wildman–Crippen LogP) is 2.87. The van der Waals surface area contributed by atoms with Gasteiger partial charge in [0.1, 0.15) is 0 Å². The molecule has 0 bridgehead atoms. The van der Waals surface area contributed by atoms with E-state index in [1.165, 1.54) is 19.3 Å². The largest absolute Gasteiger partial charge is 0.286 e. The monoisotopic (exact) mass is 234 g/mol. The second-order valence-corrected chi connectivity index (χ2v) is 6.27. The van der Waals surface area contributed by atoms with Crippen molar-refractivity contribution in [1.29, 1.82) is 0 Å². The maximum absolute atomic E-state index is 10.7. The summed E-state index contributed by atoms with van der Waals surface area (Å²) in [5.74, 6) is 0.952. The molecule has 1 N–H and O–H groups in total. The molecule has 0 aromatic heterocycles. The van der Waals surface area contributed by atoms with Crippen molar-refractivity contribution >= 4 is 10.1 Å². The van der Waals surface area contributed by atoms with Gasteiger partial charge in [-0.15, -0.1) is 0 Å². The van der Waals surface area contributed by atoms with Gasteiger partial charge >= 0.3 is 0 Å². The van der Waals surface area contributed by atoms with Crippen molar-refractivity contribution in [3.63, 3.8) is 0 Å². The zero-order chi connectivity index (χ0) is 11.3. The van der Waals surface area contributed by atoms with Crippen molar-refractivity contribution in [3.8, 4) is 0 Å². The van der Waals surface area contributed by atoms with Crippen LogP contribution in [-0.4, -0.2) is 18.7 Å². The summed E-state index contributed by atoms with van der Waals surface area (Å²) in [5.41, 5.74) is 0. The van der Waals surface area contributed by atoms with Crippen LogP contribution in [-0.2, 0) is 10.1 Å². The van der Waals surface area contributed by atoms with E-state index >= 15 is 0 Å². The summed E-state index contributed by atoms with van der Waals surface area (Å²) in [5, 5.41) is 0. The Morgan fingerprint density at radius 1 is 1.13 bits per heavy atom. The third kappa shape index (κ3) is 5.52. The highest BCUT2D eigenvalue weighted by Gasteiger charge is 2.24. The number of hydrogen-bond donors (Lipinski definition) is 1. The van der Waals surface area contributed by atoms with Gasteiger partial charge in [0.2, 0.25) is 0 Å². The SMILES string of the molecule is CCCCC1CCC(CS(=O)(=O)O)CC1. The Morgan fingerprint density at radius 3 is 2.13 bits per heavy atom. The van der Waals surface area contributed by atoms with Crippen molar-refractivity contribution < 1.29 is 13.0 Å². The highest BCUT2D eigenvalue weighted by molar-refractivity contribution is 7.85. The molecule has 0 heterocycles. The zero-order valence-corrected chi connectivity index (χ0v) is 10.3. The lowest BCUT2D eigenvalue weighted by atomic mass is 9.80. The molecule has 3 nitrogen and oxygen atoms in total. The smallest absolute Gasteiger partial charge is 0.265 e. The highest BCUT2D eigenvalue weighted by atomic mass is 32.2. The van der Waals surface area contributed by atoms with E-state index in [-0.39, 0.29) is 11.7 Å². The average Bonchev–Trinajstić information content (AvgIpc) is 2.14. The summed E-state index contributed by atoms with van der Waals surface area (Å²) in [6, 6.07) is 0. The Labute approximate surface area is 93.0 Å². The Balaban J connectivity index is 2.24. The maximum atomic E-state index is 10.7. The third-order valence-electron chi connectivity index (χ3n) is 3.38. The Kier molecular flexibility index (Phi) is 5.06. The minimum absolute atomic E-state index is 0.0342. The summed E-state index contributed by atoms with van der Waals surface area (Å²) < 4.78 is 30.2. The first-order chi connectivity index (χ1) is 7.01. The molecule has 4 heteroatoms. The van der Waals surface area contributed by atoms with Crippen molar-refractivity contribution in [2.24, 2.45) is 11.8 Å². The molecular weight excluding hydrogens is 212 g/mol. The Bertz CT molecular complexity index is 264. The van der Waals surface area contributed by atoms with E-state index in [2.05, 4.69) is 6.92 Å². The molecule has 90 valence electrons. The topological polar surface area (TPSA) is 54.4 Å². The highest BCUT2D eigenvalue weighted by Crippen LogP contribution is 2.32. The van der Waals surface area contributed by atoms with Crippen LogP contribution in [0, 0.1) is 11.8 Å². The molecule has 0 unspecified atom stereocenters. The van der Waals surface area contributed by atoms with Crippen LogP contribution in [0.25, 0.3) is 0 Å². The van der Waals surface area contributed by atoms with Crippen molar-refractivity contribution in [2.45, 2.75) is 51.9 Å². The van der Waals surface area contributed by atoms with Crippen LogP contribution in [0.1, 0.15) is 51.9 Å². The first kappa shape index (κ1) is 13.0. The van der Waals surface area contributed by atoms with Gasteiger partial charge in [-0.2, -0.15) is 8.42 Å². The van der Waals surface area contributed by atoms with E-state index in [1.807, 2.05) is 0 Å². The van der Waals surface area contributed by atoms with Gasteiger partial charge in [0.25, 0.3) is 10.1 Å². The summed E-state index contributed by atoms with van der Waals surface area (Å²) >= 11 is 0. The van der Waals surface area contributed by atoms with Crippen LogP contribution >= 0.6 is 0 Å². The fourth-order valence-corrected chi connectivity index (χ4v) is 3.41. The zero-order valence-electron chi connectivity index (χ0n) is 9.48. The summed E-state index contributed by atoms with van der Waals surface area (Å²) in [7, 11) is -3.76. The fraction of sp³-hybridized carbons (Fsp3) is 1.00. The van der Waals surface area contributed by atoms with Crippen molar-refractivity contribution in [2.75, 3.05) is 5.75 Å². The summed E-state index contributed by atoms with van der Waals surface area (Å²) in [6.45, 7) is 2.20. The molecule has 0 amide bonds. The minimum atomic E-state index is -3.76. The van der Waals surface area contributed by atoms with E-state index in [4.69, 9.17) is 4.55 Å². The number of rotatable bonds is 5. The summed E-state index contributed by atoms with van der Waals surface area (Å²) in [6.07, 6.45) is 8.02. The van der Waals surface area contributed by atoms with Crippen molar-refractivity contribution in [1.82, 2.24) is 0 Å². The van der Waals surface area contributed by atoms with Gasteiger partial charge in [-0.05, 0) is 24.7 Å². The van der Waals surface area contributed by atoms with Gasteiger partial charge in [0.05, 0.1) is 5.75 Å². The van der Waals surface area contributed by atoms with Gasteiger partial charge in [0.15, 0.2) is 0 Å². The fourth-order valence-electron chi connectivity index (χ4n) is 2.48. The number of hydrogen-bond acceptors (Lipinski definition) is 2. The molecule has 0 aromatic carbocycles. The molecule has 0 aromatic rings. The molecule has 1 rings (SSSR count). The minimum Gasteiger partial charge on any atom is -0.286 e. The van der Waals surface area contributed by atoms with E-state index in [9.17, 15) is 8.42 Å². The normalized spacial score (nSPS) is 27.9. The lowest BCUT2D eigenvalue weighted by Crippen LogP contribution is -2.21. The van der Waals surface area contributed by atoms with E-state index in [1.54, 1.807) is 0 Å². The van der Waals surface area contributed by atoms with Gasteiger partial charge in [-0.3, -0.25) is 4.55 Å².